The summed E-state index contributed by atoms with van der Waals surface area (Å²) < 4.78 is 6.80. The van der Waals surface area contributed by atoms with Crippen LogP contribution in [0.15, 0.2) is 22.7 Å². The second-order valence-electron chi connectivity index (χ2n) is 4.90. The van der Waals surface area contributed by atoms with Crippen molar-refractivity contribution in [1.82, 2.24) is 0 Å². The van der Waals surface area contributed by atoms with Gasteiger partial charge in [0.05, 0.1) is 5.41 Å². The molecule has 1 fully saturated rings. The van der Waals surface area contributed by atoms with Gasteiger partial charge < -0.3 is 4.74 Å². The maximum absolute atomic E-state index is 12.7. The summed E-state index contributed by atoms with van der Waals surface area (Å²) in [5, 5.41) is 0. The Morgan fingerprint density at radius 3 is 2.71 bits per heavy atom. The van der Waals surface area contributed by atoms with Gasteiger partial charge in [-0.15, -0.1) is 0 Å². The Bertz CT molecular complexity index is 491. The summed E-state index contributed by atoms with van der Waals surface area (Å²) in [5.74, 6) is 0.267. The molecule has 0 spiro atoms. The van der Waals surface area contributed by atoms with Gasteiger partial charge in [-0.05, 0) is 36.6 Å². The van der Waals surface area contributed by atoms with Crippen LogP contribution in [0.3, 0.4) is 0 Å². The monoisotopic (exact) mass is 294 g/mol. The summed E-state index contributed by atoms with van der Waals surface area (Å²) >= 11 is 3.45. The molecule has 1 aromatic rings. The van der Waals surface area contributed by atoms with Crippen LogP contribution in [0.2, 0.25) is 0 Å². The van der Waals surface area contributed by atoms with E-state index in [0.29, 0.717) is 0 Å². The number of rotatable bonds is 2. The first kappa shape index (κ1) is 11.4. The van der Waals surface area contributed by atoms with Crippen molar-refractivity contribution < 1.29 is 9.53 Å². The van der Waals surface area contributed by atoms with E-state index in [9.17, 15) is 4.79 Å². The lowest BCUT2D eigenvalue weighted by atomic mass is 9.67. The van der Waals surface area contributed by atoms with Gasteiger partial charge in [0, 0.05) is 10.0 Å². The quantitative estimate of drug-likeness (QED) is 0.775. The number of benzene rings is 1. The number of hydrogen-bond donors (Lipinski definition) is 0. The minimum atomic E-state index is -0.286. The van der Waals surface area contributed by atoms with Crippen LogP contribution in [0.1, 0.15) is 48.7 Å². The maximum atomic E-state index is 12.7. The van der Waals surface area contributed by atoms with Crippen molar-refractivity contribution in [2.45, 2.75) is 38.9 Å². The van der Waals surface area contributed by atoms with Crippen LogP contribution in [-0.2, 0) is 4.74 Å². The number of ether oxygens (including phenoxy) is 1. The molecule has 3 rings (SSSR count). The Balaban J connectivity index is 2.16. The van der Waals surface area contributed by atoms with E-state index in [0.717, 1.165) is 28.4 Å². The van der Waals surface area contributed by atoms with Crippen LogP contribution < -0.4 is 0 Å². The third-order valence-electron chi connectivity index (χ3n) is 4.31. The van der Waals surface area contributed by atoms with Crippen molar-refractivity contribution in [3.8, 4) is 0 Å². The van der Waals surface area contributed by atoms with Crippen molar-refractivity contribution in [1.29, 1.82) is 0 Å². The second kappa shape index (κ2) is 3.66. The molecular weight excluding hydrogens is 280 g/mol. The van der Waals surface area contributed by atoms with E-state index in [4.69, 9.17) is 4.74 Å². The summed E-state index contributed by atoms with van der Waals surface area (Å²) in [6, 6.07) is 5.89. The third-order valence-corrected chi connectivity index (χ3v) is 4.81. The molecule has 0 amide bonds. The molecule has 1 aliphatic carbocycles. The van der Waals surface area contributed by atoms with Gasteiger partial charge in [0.1, 0.15) is 12.2 Å². The maximum Gasteiger partial charge on any atom is 0.172 e. The van der Waals surface area contributed by atoms with Gasteiger partial charge in [-0.3, -0.25) is 4.79 Å². The van der Waals surface area contributed by atoms with Gasteiger partial charge in [0.2, 0.25) is 0 Å². The van der Waals surface area contributed by atoms with Gasteiger partial charge in [-0.1, -0.05) is 29.8 Å². The number of halogens is 1. The summed E-state index contributed by atoms with van der Waals surface area (Å²) in [7, 11) is 0. The zero-order valence-corrected chi connectivity index (χ0v) is 11.6. The van der Waals surface area contributed by atoms with Crippen molar-refractivity contribution in [3.05, 3.63) is 33.8 Å². The Hall–Kier alpha value is -0.670. The lowest BCUT2D eigenvalue weighted by molar-refractivity contribution is 0.0708. The number of epoxide rings is 1. The van der Waals surface area contributed by atoms with Crippen LogP contribution >= 0.6 is 15.9 Å². The highest BCUT2D eigenvalue weighted by Gasteiger charge is 2.61. The molecule has 2 aliphatic rings. The Morgan fingerprint density at radius 1 is 1.35 bits per heavy atom. The number of Topliss-reactive ketones (excluding diaryl/α,β-unsaturated/α-hetero) is 1. The standard InChI is InChI=1S/C14H15BrO2/c1-3-14(4-2)12(16)9-6-5-8(15)7-10(9)11-13(14)17-11/h5-7,11,13H,3-4H2,1-2H3. The van der Waals surface area contributed by atoms with Crippen LogP contribution in [0, 0.1) is 5.41 Å². The third kappa shape index (κ3) is 1.39. The van der Waals surface area contributed by atoms with Crippen LogP contribution in [0.5, 0.6) is 0 Å². The predicted molar refractivity (Wildman–Crippen MR) is 69.1 cm³/mol. The zero-order chi connectivity index (χ0) is 12.2. The fraction of sp³-hybridized carbons (Fsp3) is 0.500. The fourth-order valence-corrected chi connectivity index (χ4v) is 3.49. The van der Waals surface area contributed by atoms with Gasteiger partial charge in [-0.2, -0.15) is 0 Å². The lowest BCUT2D eigenvalue weighted by Gasteiger charge is -2.32. The number of ketones is 1. The highest BCUT2D eigenvalue weighted by Crippen LogP contribution is 2.58. The molecule has 1 saturated heterocycles. The summed E-state index contributed by atoms with van der Waals surface area (Å²) in [6.07, 6.45) is 1.96. The van der Waals surface area contributed by atoms with Crippen LogP contribution in [0.25, 0.3) is 0 Å². The van der Waals surface area contributed by atoms with E-state index in [1.165, 1.54) is 0 Å². The largest absolute Gasteiger partial charge is 0.363 e. The number of carbonyl (C=O) groups is 1. The minimum Gasteiger partial charge on any atom is -0.363 e. The molecule has 1 heterocycles. The van der Waals surface area contributed by atoms with Crippen molar-refractivity contribution in [2.75, 3.05) is 0 Å². The molecule has 0 radical (unpaired) electrons. The van der Waals surface area contributed by atoms with Crippen LogP contribution in [-0.4, -0.2) is 11.9 Å². The Morgan fingerprint density at radius 2 is 2.06 bits per heavy atom. The summed E-state index contributed by atoms with van der Waals surface area (Å²) in [4.78, 5) is 12.7. The SMILES string of the molecule is CCC1(CC)C(=O)c2ccc(Br)cc2C2OC21. The van der Waals surface area contributed by atoms with E-state index < -0.39 is 0 Å². The topological polar surface area (TPSA) is 29.6 Å². The van der Waals surface area contributed by atoms with Gasteiger partial charge in [0.15, 0.2) is 5.78 Å². The van der Waals surface area contributed by atoms with E-state index >= 15 is 0 Å². The van der Waals surface area contributed by atoms with Gasteiger partial charge in [0.25, 0.3) is 0 Å². The second-order valence-corrected chi connectivity index (χ2v) is 5.82. The summed E-state index contributed by atoms with van der Waals surface area (Å²) in [5.41, 5.74) is 1.63. The molecule has 2 nitrogen and oxygen atoms in total. The van der Waals surface area contributed by atoms with E-state index in [1.54, 1.807) is 0 Å². The molecule has 0 saturated carbocycles. The average Bonchev–Trinajstić information content (AvgIpc) is 3.11. The minimum absolute atomic E-state index is 0.104. The molecule has 0 bridgehead atoms. The molecular formula is C14H15BrO2. The zero-order valence-electron chi connectivity index (χ0n) is 10.00. The predicted octanol–water partition coefficient (Wildman–Crippen LogP) is 3.89. The Kier molecular flexibility index (Phi) is 2.46. The molecule has 1 aromatic carbocycles. The fourth-order valence-electron chi connectivity index (χ4n) is 3.12. The number of hydrogen-bond acceptors (Lipinski definition) is 2. The molecule has 2 atom stereocenters. The van der Waals surface area contributed by atoms with Crippen molar-refractivity contribution in [3.63, 3.8) is 0 Å². The Labute approximate surface area is 109 Å². The van der Waals surface area contributed by atoms with E-state index in [2.05, 4.69) is 29.8 Å². The number of fused-ring (bicyclic) bond motifs is 3. The smallest absolute Gasteiger partial charge is 0.172 e. The molecule has 0 N–H and O–H groups in total. The van der Waals surface area contributed by atoms with E-state index in [-0.39, 0.29) is 23.4 Å². The normalized spacial score (nSPS) is 28.5. The van der Waals surface area contributed by atoms with Gasteiger partial charge in [-0.25, -0.2) is 0 Å². The first-order chi connectivity index (χ1) is 8.14. The first-order valence-electron chi connectivity index (χ1n) is 6.13. The molecule has 2 unspecified atom stereocenters. The molecule has 3 heteroatoms. The van der Waals surface area contributed by atoms with E-state index in [1.807, 2.05) is 18.2 Å². The van der Waals surface area contributed by atoms with Crippen molar-refractivity contribution >= 4 is 21.7 Å². The number of carbonyl (C=O) groups excluding carboxylic acids is 1. The summed E-state index contributed by atoms with van der Waals surface area (Å²) in [6.45, 7) is 4.17. The average molecular weight is 295 g/mol. The molecule has 90 valence electrons. The lowest BCUT2D eigenvalue weighted by Crippen LogP contribution is -2.39. The highest BCUT2D eigenvalue weighted by atomic mass is 79.9. The van der Waals surface area contributed by atoms with Gasteiger partial charge >= 0.3 is 0 Å². The van der Waals surface area contributed by atoms with Crippen LogP contribution in [0.4, 0.5) is 0 Å². The molecule has 1 aliphatic heterocycles. The highest BCUT2D eigenvalue weighted by molar-refractivity contribution is 9.10. The molecule has 0 aromatic heterocycles. The molecule has 17 heavy (non-hydrogen) atoms. The van der Waals surface area contributed by atoms with Crippen molar-refractivity contribution in [2.24, 2.45) is 5.41 Å². The first-order valence-corrected chi connectivity index (χ1v) is 6.93.